The summed E-state index contributed by atoms with van der Waals surface area (Å²) in [7, 11) is 0. The molecular weight excluding hydrogens is 430 g/mol. The van der Waals surface area contributed by atoms with Crippen LogP contribution in [0.1, 0.15) is 29.4 Å². The molecular formula is C25H23N7S. The van der Waals surface area contributed by atoms with Gasteiger partial charge >= 0.3 is 0 Å². The highest BCUT2D eigenvalue weighted by Gasteiger charge is 2.38. The van der Waals surface area contributed by atoms with Crippen LogP contribution in [-0.4, -0.2) is 19.5 Å². The minimum absolute atomic E-state index is 0.683. The Morgan fingerprint density at radius 3 is 2.82 bits per heavy atom. The number of hydrogen-bond donors (Lipinski definition) is 3. The first-order chi connectivity index (χ1) is 16.1. The van der Waals surface area contributed by atoms with Crippen molar-refractivity contribution in [2.24, 2.45) is 5.73 Å². The maximum atomic E-state index is 6.78. The van der Waals surface area contributed by atoms with E-state index < -0.39 is 4.99 Å². The molecule has 1 atom stereocenters. The first kappa shape index (κ1) is 21.1. The molecule has 1 aliphatic rings. The quantitative estimate of drug-likeness (QED) is 0.375. The van der Waals surface area contributed by atoms with Crippen molar-refractivity contribution in [3.63, 3.8) is 0 Å². The van der Waals surface area contributed by atoms with Gasteiger partial charge in [-0.1, -0.05) is 54.9 Å². The van der Waals surface area contributed by atoms with Crippen molar-refractivity contribution in [1.82, 2.24) is 19.5 Å². The molecule has 1 aliphatic heterocycles. The highest BCUT2D eigenvalue weighted by Crippen LogP contribution is 2.49. The number of hydrogen-bond acceptors (Lipinski definition) is 7. The van der Waals surface area contributed by atoms with Gasteiger partial charge in [0.25, 0.3) is 0 Å². The fourth-order valence-electron chi connectivity index (χ4n) is 3.82. The van der Waals surface area contributed by atoms with Crippen LogP contribution in [0, 0.1) is 12.3 Å². The molecule has 5 rings (SSSR count). The van der Waals surface area contributed by atoms with Crippen LogP contribution in [0.25, 0.3) is 0 Å². The molecule has 0 saturated carbocycles. The zero-order chi connectivity index (χ0) is 22.8. The van der Waals surface area contributed by atoms with Gasteiger partial charge in [0.1, 0.15) is 23.8 Å². The van der Waals surface area contributed by atoms with Crippen LogP contribution in [0.4, 0.5) is 17.3 Å². The van der Waals surface area contributed by atoms with Gasteiger partial charge in [-0.25, -0.2) is 15.0 Å². The third kappa shape index (κ3) is 4.16. The summed E-state index contributed by atoms with van der Waals surface area (Å²) in [6.45, 7) is 2.89. The highest BCUT2D eigenvalue weighted by atomic mass is 32.2. The van der Waals surface area contributed by atoms with Crippen molar-refractivity contribution < 1.29 is 0 Å². The first-order valence-electron chi connectivity index (χ1n) is 10.6. The van der Waals surface area contributed by atoms with E-state index in [4.69, 9.17) is 12.2 Å². The van der Waals surface area contributed by atoms with Gasteiger partial charge in [0.15, 0.2) is 4.99 Å². The summed E-state index contributed by atoms with van der Waals surface area (Å²) in [5, 5.41) is 6.70. The standard InChI is InChI=1S/C25H23N7S/c1-3-17-6-5-7-20(14-17)30-23-22-24(29-16-28-23)31-25(26,33-22)19-10-8-18(9-11-19)15-32-13-12-27-21(32)4-2/h1,5-14,16H,4,15,26H2,2H3,(H2,28,29,30,31). The Balaban J connectivity index is 1.36. The van der Waals surface area contributed by atoms with E-state index in [1.54, 1.807) is 0 Å². The lowest BCUT2D eigenvalue weighted by Gasteiger charge is -2.24. The van der Waals surface area contributed by atoms with Crippen molar-refractivity contribution in [2.45, 2.75) is 29.8 Å². The Morgan fingerprint density at radius 1 is 1.18 bits per heavy atom. The molecule has 0 fully saturated rings. The van der Waals surface area contributed by atoms with Crippen LogP contribution in [-0.2, 0) is 18.0 Å². The summed E-state index contributed by atoms with van der Waals surface area (Å²) in [5.74, 6) is 5.10. The molecule has 2 aromatic carbocycles. The van der Waals surface area contributed by atoms with Crippen molar-refractivity contribution in [2.75, 3.05) is 10.6 Å². The Hall–Kier alpha value is -3.80. The van der Waals surface area contributed by atoms with Gasteiger partial charge in [0.05, 0.1) is 4.90 Å². The molecule has 0 saturated heterocycles. The Kier molecular flexibility index (Phi) is 5.50. The largest absolute Gasteiger partial charge is 0.339 e. The second kappa shape index (κ2) is 8.62. The molecule has 7 nitrogen and oxygen atoms in total. The van der Waals surface area contributed by atoms with Crippen molar-refractivity contribution in [1.29, 1.82) is 0 Å². The van der Waals surface area contributed by atoms with Gasteiger partial charge in [0, 0.05) is 42.2 Å². The molecule has 0 aliphatic carbocycles. The zero-order valence-corrected chi connectivity index (χ0v) is 18.9. The number of nitrogens with two attached hydrogens (primary N) is 1. The molecule has 4 aromatic rings. The minimum atomic E-state index is -0.850. The maximum absolute atomic E-state index is 6.78. The van der Waals surface area contributed by atoms with Crippen molar-refractivity contribution in [3.05, 3.63) is 89.8 Å². The van der Waals surface area contributed by atoms with Crippen LogP contribution in [0.15, 0.2) is 72.1 Å². The third-order valence-corrected chi connectivity index (χ3v) is 6.77. The predicted molar refractivity (Wildman–Crippen MR) is 132 cm³/mol. The first-order valence-corrected chi connectivity index (χ1v) is 11.4. The van der Waals surface area contributed by atoms with Crippen LogP contribution in [0.2, 0.25) is 0 Å². The molecule has 8 heteroatoms. The van der Waals surface area contributed by atoms with Crippen LogP contribution in [0.5, 0.6) is 0 Å². The fourth-order valence-corrected chi connectivity index (χ4v) is 4.94. The Labute approximate surface area is 196 Å². The van der Waals surface area contributed by atoms with Crippen LogP contribution in [0.3, 0.4) is 0 Å². The number of fused-ring (bicyclic) bond motifs is 1. The summed E-state index contributed by atoms with van der Waals surface area (Å²) in [6, 6.07) is 16.0. The number of benzene rings is 2. The molecule has 0 bridgehead atoms. The number of aryl methyl sites for hydroxylation is 1. The van der Waals surface area contributed by atoms with E-state index in [1.165, 1.54) is 23.7 Å². The highest BCUT2D eigenvalue weighted by molar-refractivity contribution is 8.01. The Morgan fingerprint density at radius 2 is 2.03 bits per heavy atom. The lowest BCUT2D eigenvalue weighted by atomic mass is 10.1. The van der Waals surface area contributed by atoms with E-state index in [1.807, 2.05) is 36.7 Å². The number of imidazole rings is 1. The normalized spacial score (nSPS) is 16.6. The number of nitrogens with zero attached hydrogens (tertiary/aromatic N) is 4. The van der Waals surface area contributed by atoms with Crippen molar-refractivity contribution >= 4 is 29.1 Å². The monoisotopic (exact) mass is 453 g/mol. The number of nitrogens with one attached hydrogen (secondary N) is 2. The minimum Gasteiger partial charge on any atom is -0.339 e. The third-order valence-electron chi connectivity index (χ3n) is 5.52. The summed E-state index contributed by atoms with van der Waals surface area (Å²) < 4.78 is 2.16. The van der Waals surface area contributed by atoms with Gasteiger partial charge in [-0.2, -0.15) is 0 Å². The Bertz CT molecular complexity index is 1340. The zero-order valence-electron chi connectivity index (χ0n) is 18.1. The van der Waals surface area contributed by atoms with Gasteiger partial charge in [-0.3, -0.25) is 5.73 Å². The second-order valence-corrected chi connectivity index (χ2v) is 8.99. The number of anilines is 3. The lowest BCUT2D eigenvalue weighted by Crippen LogP contribution is -2.38. The molecule has 164 valence electrons. The molecule has 2 aromatic heterocycles. The van der Waals surface area contributed by atoms with E-state index in [2.05, 4.69) is 67.3 Å². The van der Waals surface area contributed by atoms with E-state index in [-0.39, 0.29) is 0 Å². The maximum Gasteiger partial charge on any atom is 0.167 e. The number of aromatic nitrogens is 4. The van der Waals surface area contributed by atoms with E-state index in [0.29, 0.717) is 11.6 Å². The van der Waals surface area contributed by atoms with E-state index in [9.17, 15) is 0 Å². The molecule has 3 heterocycles. The lowest BCUT2D eigenvalue weighted by molar-refractivity contribution is 0.728. The van der Waals surface area contributed by atoms with E-state index in [0.717, 1.165) is 40.5 Å². The predicted octanol–water partition coefficient (Wildman–Crippen LogP) is 4.30. The number of terminal acetylenes is 1. The van der Waals surface area contributed by atoms with Crippen molar-refractivity contribution in [3.8, 4) is 12.3 Å². The number of rotatable bonds is 6. The van der Waals surface area contributed by atoms with Crippen LogP contribution < -0.4 is 16.4 Å². The van der Waals surface area contributed by atoms with Gasteiger partial charge < -0.3 is 15.2 Å². The molecule has 33 heavy (non-hydrogen) atoms. The van der Waals surface area contributed by atoms with E-state index >= 15 is 0 Å². The summed E-state index contributed by atoms with van der Waals surface area (Å²) in [5.41, 5.74) is 10.6. The summed E-state index contributed by atoms with van der Waals surface area (Å²) in [4.78, 5) is 13.2. The topological polar surface area (TPSA) is 93.7 Å². The average Bonchev–Trinajstić information content (AvgIpc) is 3.44. The molecule has 0 amide bonds. The summed E-state index contributed by atoms with van der Waals surface area (Å²) in [6.07, 6.45) is 11.8. The molecule has 0 spiro atoms. The molecule has 0 radical (unpaired) electrons. The van der Waals surface area contributed by atoms with Gasteiger partial charge in [-0.05, 0) is 23.8 Å². The molecule has 4 N–H and O–H groups in total. The SMILES string of the molecule is C#Cc1cccc(Nc2ncnc3c2SC(N)(c2ccc(Cn4ccnc4CC)cc2)N3)c1. The second-order valence-electron chi connectivity index (χ2n) is 7.73. The number of thioether (sulfide) groups is 1. The van der Waals surface area contributed by atoms with Gasteiger partial charge in [0.2, 0.25) is 0 Å². The smallest absolute Gasteiger partial charge is 0.167 e. The average molecular weight is 454 g/mol. The summed E-state index contributed by atoms with van der Waals surface area (Å²) >= 11 is 1.49. The fraction of sp³-hybridized carbons (Fsp3) is 0.160. The van der Waals surface area contributed by atoms with Gasteiger partial charge in [-0.15, -0.1) is 6.42 Å². The molecule has 1 unspecified atom stereocenters. The van der Waals surface area contributed by atoms with Crippen LogP contribution >= 0.6 is 11.8 Å².